The monoisotopic (exact) mass is 305 g/mol. The molecule has 0 aliphatic rings. The molecule has 1 aromatic rings. The van der Waals surface area contributed by atoms with Crippen LogP contribution in [-0.4, -0.2) is 22.4 Å². The summed E-state index contributed by atoms with van der Waals surface area (Å²) in [5.74, 6) is -3.71. The molecule has 0 bridgehead atoms. The van der Waals surface area contributed by atoms with Crippen LogP contribution >= 0.6 is 11.6 Å². The number of aromatic nitrogens is 1. The van der Waals surface area contributed by atoms with Gasteiger partial charge in [0.05, 0.1) is 5.88 Å². The van der Waals surface area contributed by atoms with E-state index in [9.17, 15) is 26.7 Å². The van der Waals surface area contributed by atoms with Gasteiger partial charge in [-0.1, -0.05) is 0 Å². The maximum Gasteiger partial charge on any atom is 0.574 e. The first-order valence-electron chi connectivity index (χ1n) is 4.52. The molecule has 19 heavy (non-hydrogen) atoms. The van der Waals surface area contributed by atoms with Gasteiger partial charge in [-0.15, -0.1) is 24.8 Å². The van der Waals surface area contributed by atoms with Crippen molar-refractivity contribution in [2.24, 2.45) is 0 Å². The fourth-order valence-electron chi connectivity index (χ4n) is 1.25. The molecule has 0 radical (unpaired) electrons. The van der Waals surface area contributed by atoms with Gasteiger partial charge in [-0.05, 0) is 0 Å². The lowest BCUT2D eigenvalue weighted by Gasteiger charge is -2.13. The van der Waals surface area contributed by atoms with Crippen LogP contribution in [0.1, 0.15) is 28.0 Å². The Morgan fingerprint density at radius 1 is 1.47 bits per heavy atom. The summed E-state index contributed by atoms with van der Waals surface area (Å²) in [5, 5.41) is 8.72. The van der Waals surface area contributed by atoms with Gasteiger partial charge < -0.3 is 9.84 Å². The van der Waals surface area contributed by atoms with Crippen LogP contribution in [0.2, 0.25) is 0 Å². The smallest absolute Gasteiger partial charge is 0.476 e. The largest absolute Gasteiger partial charge is 0.574 e. The normalized spacial score (nSPS) is 11.7. The van der Waals surface area contributed by atoms with Crippen molar-refractivity contribution in [1.29, 1.82) is 0 Å². The van der Waals surface area contributed by atoms with Gasteiger partial charge in [-0.2, -0.15) is 0 Å². The summed E-state index contributed by atoms with van der Waals surface area (Å²) in [6.45, 7) is 0. The lowest BCUT2D eigenvalue weighted by Crippen LogP contribution is -2.20. The zero-order valence-electron chi connectivity index (χ0n) is 8.84. The second-order valence-corrected chi connectivity index (χ2v) is 3.43. The number of aromatic carboxylic acids is 1. The van der Waals surface area contributed by atoms with Crippen LogP contribution in [-0.2, 0) is 5.88 Å². The minimum atomic E-state index is -5.18. The predicted octanol–water partition coefficient (Wildman–Crippen LogP) is 3.35. The molecule has 4 nitrogen and oxygen atoms in total. The molecule has 0 saturated carbocycles. The minimum Gasteiger partial charge on any atom is -0.476 e. The van der Waals surface area contributed by atoms with Gasteiger partial charge in [-0.25, -0.2) is 18.6 Å². The van der Waals surface area contributed by atoms with Gasteiger partial charge in [0.15, 0.2) is 5.69 Å². The molecule has 1 rings (SSSR count). The summed E-state index contributed by atoms with van der Waals surface area (Å²) < 4.78 is 64.5. The maximum atomic E-state index is 12.7. The number of carboxylic acid groups (broad SMARTS) is 1. The van der Waals surface area contributed by atoms with Crippen molar-refractivity contribution in [3.05, 3.63) is 22.9 Å². The summed E-state index contributed by atoms with van der Waals surface area (Å²) in [7, 11) is 0. The SMILES string of the molecule is O=C(O)c1nc(OC(F)(F)F)cc(C(F)F)c1CCl. The first-order valence-corrected chi connectivity index (χ1v) is 5.06. The fraction of sp³-hybridized carbons (Fsp3) is 0.333. The van der Waals surface area contributed by atoms with E-state index in [1.807, 2.05) is 0 Å². The number of ether oxygens (including phenoxy) is 1. The Hall–Kier alpha value is -1.64. The molecule has 0 aliphatic carbocycles. The van der Waals surface area contributed by atoms with Gasteiger partial charge in [0.25, 0.3) is 6.43 Å². The van der Waals surface area contributed by atoms with E-state index in [4.69, 9.17) is 16.7 Å². The van der Waals surface area contributed by atoms with Gasteiger partial charge in [-0.3, -0.25) is 0 Å². The van der Waals surface area contributed by atoms with Crippen molar-refractivity contribution in [3.8, 4) is 5.88 Å². The summed E-state index contributed by atoms with van der Waals surface area (Å²) in [5.41, 5.74) is -2.53. The number of alkyl halides is 6. The third-order valence-corrected chi connectivity index (χ3v) is 2.19. The summed E-state index contributed by atoms with van der Waals surface area (Å²) in [6, 6.07) is 0.308. The van der Waals surface area contributed by atoms with Crippen LogP contribution in [0.15, 0.2) is 6.07 Å². The molecule has 0 aromatic carbocycles. The first kappa shape index (κ1) is 15.4. The molecule has 10 heteroatoms. The Balaban J connectivity index is 3.41. The van der Waals surface area contributed by atoms with E-state index < -0.39 is 47.3 Å². The number of carboxylic acids is 1. The van der Waals surface area contributed by atoms with E-state index in [1.165, 1.54) is 0 Å². The molecule has 0 saturated heterocycles. The number of pyridine rings is 1. The number of carbonyl (C=O) groups is 1. The fourth-order valence-corrected chi connectivity index (χ4v) is 1.53. The quantitative estimate of drug-likeness (QED) is 0.684. The Labute approximate surface area is 107 Å². The van der Waals surface area contributed by atoms with Crippen molar-refractivity contribution in [3.63, 3.8) is 0 Å². The van der Waals surface area contributed by atoms with Crippen LogP contribution in [0.5, 0.6) is 5.88 Å². The Morgan fingerprint density at radius 2 is 2.05 bits per heavy atom. The average molecular weight is 306 g/mol. The molecule has 1 N–H and O–H groups in total. The van der Waals surface area contributed by atoms with Crippen LogP contribution in [0.3, 0.4) is 0 Å². The molecule has 0 unspecified atom stereocenters. The first-order chi connectivity index (χ1) is 8.65. The molecule has 106 valence electrons. The molecule has 0 spiro atoms. The second kappa shape index (κ2) is 5.55. The molecular formula is C9H5ClF5NO3. The molecule has 1 heterocycles. The zero-order valence-corrected chi connectivity index (χ0v) is 9.60. The summed E-state index contributed by atoms with van der Waals surface area (Å²) in [6.07, 6.45) is -8.39. The summed E-state index contributed by atoms with van der Waals surface area (Å²) in [4.78, 5) is 13.8. The number of halogens is 6. The van der Waals surface area contributed by atoms with Crippen molar-refractivity contribution in [2.75, 3.05) is 0 Å². The molecule has 0 aliphatic heterocycles. The number of hydrogen-bond acceptors (Lipinski definition) is 3. The highest BCUT2D eigenvalue weighted by atomic mass is 35.5. The van der Waals surface area contributed by atoms with Gasteiger partial charge in [0.1, 0.15) is 0 Å². The van der Waals surface area contributed by atoms with E-state index in [0.29, 0.717) is 6.07 Å². The minimum absolute atomic E-state index is 0.308. The number of hydrogen-bond donors (Lipinski definition) is 1. The zero-order chi connectivity index (χ0) is 14.8. The van der Waals surface area contributed by atoms with Crippen LogP contribution in [0, 0.1) is 0 Å². The Bertz CT molecular complexity index is 491. The second-order valence-electron chi connectivity index (χ2n) is 3.16. The van der Waals surface area contributed by atoms with E-state index in [2.05, 4.69) is 9.72 Å². The molecule has 0 atom stereocenters. The Morgan fingerprint density at radius 3 is 2.42 bits per heavy atom. The predicted molar refractivity (Wildman–Crippen MR) is 52.4 cm³/mol. The van der Waals surface area contributed by atoms with Crippen LogP contribution in [0.25, 0.3) is 0 Å². The van der Waals surface area contributed by atoms with E-state index >= 15 is 0 Å². The van der Waals surface area contributed by atoms with Crippen LogP contribution in [0.4, 0.5) is 22.0 Å². The van der Waals surface area contributed by atoms with E-state index in [0.717, 1.165) is 0 Å². The lowest BCUT2D eigenvalue weighted by molar-refractivity contribution is -0.276. The standard InChI is InChI=1S/C9H5ClF5NO3/c10-2-4-3(7(11)12)1-5(19-9(13,14)15)16-6(4)8(17)18/h1,7H,2H2,(H,17,18). The number of rotatable bonds is 4. The highest BCUT2D eigenvalue weighted by Crippen LogP contribution is 2.31. The number of nitrogens with zero attached hydrogens (tertiary/aromatic N) is 1. The average Bonchev–Trinajstić information content (AvgIpc) is 2.25. The highest BCUT2D eigenvalue weighted by Gasteiger charge is 2.33. The van der Waals surface area contributed by atoms with Crippen molar-refractivity contribution in [1.82, 2.24) is 4.98 Å². The highest BCUT2D eigenvalue weighted by molar-refractivity contribution is 6.17. The summed E-state index contributed by atoms with van der Waals surface area (Å²) >= 11 is 5.31. The topological polar surface area (TPSA) is 59.4 Å². The molecular weight excluding hydrogens is 301 g/mol. The van der Waals surface area contributed by atoms with Gasteiger partial charge in [0, 0.05) is 17.2 Å². The molecule has 0 amide bonds. The van der Waals surface area contributed by atoms with Gasteiger partial charge >= 0.3 is 12.3 Å². The van der Waals surface area contributed by atoms with E-state index in [1.54, 1.807) is 0 Å². The molecule has 0 fully saturated rings. The molecule has 1 aromatic heterocycles. The Kier molecular flexibility index (Phi) is 4.51. The lowest BCUT2D eigenvalue weighted by atomic mass is 10.1. The van der Waals surface area contributed by atoms with E-state index in [-0.39, 0.29) is 0 Å². The third kappa shape index (κ3) is 3.91. The van der Waals surface area contributed by atoms with Crippen molar-refractivity contribution in [2.45, 2.75) is 18.7 Å². The van der Waals surface area contributed by atoms with Crippen molar-refractivity contribution >= 4 is 17.6 Å². The van der Waals surface area contributed by atoms with Crippen molar-refractivity contribution < 1.29 is 36.6 Å². The van der Waals surface area contributed by atoms with Gasteiger partial charge in [0.2, 0.25) is 5.88 Å². The van der Waals surface area contributed by atoms with Crippen LogP contribution < -0.4 is 4.74 Å². The maximum absolute atomic E-state index is 12.7. The third-order valence-electron chi connectivity index (χ3n) is 1.93.